The summed E-state index contributed by atoms with van der Waals surface area (Å²) >= 11 is 5.95. The highest BCUT2D eigenvalue weighted by atomic mass is 35.5. The summed E-state index contributed by atoms with van der Waals surface area (Å²) in [5.74, 6) is -0.772. The van der Waals surface area contributed by atoms with E-state index in [1.807, 2.05) is 0 Å². The van der Waals surface area contributed by atoms with Gasteiger partial charge < -0.3 is 9.73 Å². The molecule has 1 saturated carbocycles. The molecule has 5 nitrogen and oxygen atoms in total. The molecule has 7 heteroatoms. The van der Waals surface area contributed by atoms with Gasteiger partial charge in [0.25, 0.3) is 0 Å². The van der Waals surface area contributed by atoms with Crippen LogP contribution in [0.1, 0.15) is 47.8 Å². The smallest absolute Gasteiger partial charge is 0.309 e. The number of benzene rings is 1. The first-order valence-electron chi connectivity index (χ1n) is 7.19. The first-order valence-corrected chi connectivity index (χ1v) is 7.57. The molecule has 0 atom stereocenters. The van der Waals surface area contributed by atoms with E-state index in [1.54, 1.807) is 6.07 Å². The third-order valence-electron chi connectivity index (χ3n) is 3.74. The topological polar surface area (TPSA) is 68.0 Å². The zero-order valence-corrected chi connectivity index (χ0v) is 12.6. The molecule has 22 heavy (non-hydrogen) atoms. The van der Waals surface area contributed by atoms with Crippen LogP contribution in [0.3, 0.4) is 0 Å². The van der Waals surface area contributed by atoms with E-state index in [9.17, 15) is 9.18 Å². The highest BCUT2D eigenvalue weighted by molar-refractivity contribution is 6.31. The third kappa shape index (κ3) is 3.27. The standard InChI is InChI=1S/C15H15ClFN3O2/c16-11-6-3-7-12(17)10(11)8-13-19-20-15(22-13)14(21)18-9-4-1-2-5-9/h3,6-7,9H,1-2,4-5,8H2,(H,18,21). The molecule has 116 valence electrons. The number of amides is 1. The van der Waals surface area contributed by atoms with Crippen LogP contribution in [0.4, 0.5) is 4.39 Å². The number of halogens is 2. The second kappa shape index (κ2) is 6.44. The second-order valence-electron chi connectivity index (χ2n) is 5.33. The van der Waals surface area contributed by atoms with Gasteiger partial charge in [0, 0.05) is 16.6 Å². The van der Waals surface area contributed by atoms with Crippen molar-refractivity contribution in [2.75, 3.05) is 0 Å². The van der Waals surface area contributed by atoms with E-state index < -0.39 is 5.82 Å². The van der Waals surface area contributed by atoms with Crippen molar-refractivity contribution in [2.24, 2.45) is 0 Å². The quantitative estimate of drug-likeness (QED) is 0.938. The van der Waals surface area contributed by atoms with Crippen molar-refractivity contribution in [1.82, 2.24) is 15.5 Å². The molecule has 1 aliphatic rings. The van der Waals surface area contributed by atoms with Gasteiger partial charge in [-0.25, -0.2) is 4.39 Å². The minimum absolute atomic E-state index is 0.0508. The van der Waals surface area contributed by atoms with Crippen LogP contribution in [-0.2, 0) is 6.42 Å². The maximum absolute atomic E-state index is 13.7. The second-order valence-corrected chi connectivity index (χ2v) is 5.74. The van der Waals surface area contributed by atoms with Gasteiger partial charge in [-0.3, -0.25) is 4.79 Å². The maximum atomic E-state index is 13.7. The third-order valence-corrected chi connectivity index (χ3v) is 4.10. The lowest BCUT2D eigenvalue weighted by Crippen LogP contribution is -2.32. The molecular formula is C15H15ClFN3O2. The SMILES string of the molecule is O=C(NC1CCCC1)c1nnc(Cc2c(F)cccc2Cl)o1. The highest BCUT2D eigenvalue weighted by Gasteiger charge is 2.22. The van der Waals surface area contributed by atoms with Gasteiger partial charge in [-0.2, -0.15) is 0 Å². The molecule has 0 bridgehead atoms. The number of hydrogen-bond acceptors (Lipinski definition) is 4. The average Bonchev–Trinajstić information content (AvgIpc) is 3.14. The molecule has 1 aromatic carbocycles. The zero-order chi connectivity index (χ0) is 15.5. The van der Waals surface area contributed by atoms with Crippen LogP contribution < -0.4 is 5.32 Å². The van der Waals surface area contributed by atoms with Gasteiger partial charge in [-0.1, -0.05) is 30.5 Å². The molecule has 1 amide bonds. The molecule has 0 radical (unpaired) electrons. The molecule has 1 aliphatic carbocycles. The largest absolute Gasteiger partial charge is 0.417 e. The molecular weight excluding hydrogens is 309 g/mol. The Labute approximate surface area is 131 Å². The maximum Gasteiger partial charge on any atom is 0.309 e. The van der Waals surface area contributed by atoms with Crippen LogP contribution in [0.25, 0.3) is 0 Å². The summed E-state index contributed by atoms with van der Waals surface area (Å²) in [6.45, 7) is 0. The summed E-state index contributed by atoms with van der Waals surface area (Å²) in [6, 6.07) is 4.59. The first-order chi connectivity index (χ1) is 10.6. The number of rotatable bonds is 4. The average molecular weight is 324 g/mol. The van der Waals surface area contributed by atoms with Gasteiger partial charge in [0.05, 0.1) is 6.42 Å². The molecule has 0 saturated heterocycles. The summed E-state index contributed by atoms with van der Waals surface area (Å²) in [5, 5.41) is 10.7. The Bertz CT molecular complexity index is 663. The van der Waals surface area contributed by atoms with Crippen LogP contribution in [0.2, 0.25) is 5.02 Å². The first kappa shape index (κ1) is 15.0. The van der Waals surface area contributed by atoms with E-state index in [0.29, 0.717) is 0 Å². The van der Waals surface area contributed by atoms with E-state index in [4.69, 9.17) is 16.0 Å². The fraction of sp³-hybridized carbons (Fsp3) is 0.400. The molecule has 1 heterocycles. The zero-order valence-electron chi connectivity index (χ0n) is 11.8. The Balaban J connectivity index is 1.69. The Kier molecular flexibility index (Phi) is 4.38. The van der Waals surface area contributed by atoms with Crippen LogP contribution in [0.5, 0.6) is 0 Å². The van der Waals surface area contributed by atoms with Gasteiger partial charge in [-0.05, 0) is 25.0 Å². The highest BCUT2D eigenvalue weighted by Crippen LogP contribution is 2.22. The summed E-state index contributed by atoms with van der Waals surface area (Å²) in [5.41, 5.74) is 0.274. The molecule has 3 rings (SSSR count). The number of carbonyl (C=O) groups excluding carboxylic acids is 1. The molecule has 0 unspecified atom stereocenters. The molecule has 1 N–H and O–H groups in total. The van der Waals surface area contributed by atoms with Crippen molar-refractivity contribution >= 4 is 17.5 Å². The van der Waals surface area contributed by atoms with Crippen LogP contribution in [-0.4, -0.2) is 22.1 Å². The van der Waals surface area contributed by atoms with E-state index in [2.05, 4.69) is 15.5 Å². The summed E-state index contributed by atoms with van der Waals surface area (Å²) in [4.78, 5) is 12.0. The number of nitrogens with one attached hydrogen (secondary N) is 1. The van der Waals surface area contributed by atoms with E-state index in [-0.39, 0.29) is 40.7 Å². The van der Waals surface area contributed by atoms with Crippen molar-refractivity contribution in [3.05, 3.63) is 46.4 Å². The van der Waals surface area contributed by atoms with Crippen LogP contribution in [0.15, 0.2) is 22.6 Å². The van der Waals surface area contributed by atoms with Crippen LogP contribution >= 0.6 is 11.6 Å². The molecule has 2 aromatic rings. The van der Waals surface area contributed by atoms with Crippen LogP contribution in [0, 0.1) is 5.82 Å². The van der Waals surface area contributed by atoms with Crippen molar-refractivity contribution in [3.8, 4) is 0 Å². The lowest BCUT2D eigenvalue weighted by Gasteiger charge is -2.08. The molecule has 1 fully saturated rings. The van der Waals surface area contributed by atoms with Crippen molar-refractivity contribution in [1.29, 1.82) is 0 Å². The van der Waals surface area contributed by atoms with Gasteiger partial charge in [0.15, 0.2) is 0 Å². The summed E-state index contributed by atoms with van der Waals surface area (Å²) < 4.78 is 19.0. The Morgan fingerprint density at radius 1 is 1.36 bits per heavy atom. The number of hydrogen-bond donors (Lipinski definition) is 1. The van der Waals surface area contributed by atoms with Gasteiger partial charge in [-0.15, -0.1) is 10.2 Å². The molecule has 0 spiro atoms. The lowest BCUT2D eigenvalue weighted by molar-refractivity contribution is 0.0901. The minimum Gasteiger partial charge on any atom is -0.417 e. The number of nitrogens with zero attached hydrogens (tertiary/aromatic N) is 2. The Morgan fingerprint density at radius 2 is 2.14 bits per heavy atom. The lowest BCUT2D eigenvalue weighted by atomic mass is 10.1. The molecule has 0 aliphatic heterocycles. The fourth-order valence-corrected chi connectivity index (χ4v) is 2.82. The van der Waals surface area contributed by atoms with Crippen molar-refractivity contribution in [3.63, 3.8) is 0 Å². The van der Waals surface area contributed by atoms with Crippen molar-refractivity contribution in [2.45, 2.75) is 38.1 Å². The van der Waals surface area contributed by atoms with Gasteiger partial charge in [0.2, 0.25) is 5.89 Å². The summed E-state index contributed by atoms with van der Waals surface area (Å²) in [6.07, 6.45) is 4.22. The van der Waals surface area contributed by atoms with E-state index >= 15 is 0 Å². The fourth-order valence-electron chi connectivity index (χ4n) is 2.59. The normalized spacial score (nSPS) is 15.2. The predicted octanol–water partition coefficient (Wildman–Crippen LogP) is 3.13. The summed E-state index contributed by atoms with van der Waals surface area (Å²) in [7, 11) is 0. The minimum atomic E-state index is -0.442. The Hall–Kier alpha value is -1.95. The number of aromatic nitrogens is 2. The monoisotopic (exact) mass is 323 g/mol. The van der Waals surface area contributed by atoms with Gasteiger partial charge >= 0.3 is 11.8 Å². The van der Waals surface area contributed by atoms with Gasteiger partial charge in [0.1, 0.15) is 5.82 Å². The van der Waals surface area contributed by atoms with Crippen molar-refractivity contribution < 1.29 is 13.6 Å². The molecule has 1 aromatic heterocycles. The number of carbonyl (C=O) groups is 1. The Morgan fingerprint density at radius 3 is 2.86 bits per heavy atom. The van der Waals surface area contributed by atoms with E-state index in [1.165, 1.54) is 12.1 Å². The predicted molar refractivity (Wildman–Crippen MR) is 78.2 cm³/mol. The van der Waals surface area contributed by atoms with E-state index in [0.717, 1.165) is 25.7 Å².